The van der Waals surface area contributed by atoms with E-state index in [1.54, 1.807) is 24.3 Å². The number of aliphatic carboxylic acids is 1. The smallest absolute Gasteiger partial charge is 0.330 e. The number of benzene rings is 1. The third-order valence-electron chi connectivity index (χ3n) is 4.56. The largest absolute Gasteiger partial charge is 0.480 e. The lowest BCUT2D eigenvalue weighted by molar-refractivity contribution is -0.148. The van der Waals surface area contributed by atoms with Crippen molar-refractivity contribution in [1.82, 2.24) is 0 Å². The number of ether oxygens (including phenoxy) is 1. The molecule has 0 heterocycles. The highest BCUT2D eigenvalue weighted by Crippen LogP contribution is 2.30. The number of hydrogen-bond donors (Lipinski definition) is 2. The summed E-state index contributed by atoms with van der Waals surface area (Å²) < 4.78 is 5.96. The predicted octanol–water partition coefficient (Wildman–Crippen LogP) is 2.91. The quantitative estimate of drug-likeness (QED) is 0.845. The van der Waals surface area contributed by atoms with Crippen LogP contribution in [0.1, 0.15) is 44.6 Å². The first-order valence-corrected chi connectivity index (χ1v) is 7.77. The molecule has 2 rings (SSSR count). The number of nitrogens with two attached hydrogens (primary N) is 1. The van der Waals surface area contributed by atoms with Crippen molar-refractivity contribution in [3.8, 4) is 0 Å². The first-order valence-electron chi connectivity index (χ1n) is 7.77. The molecule has 3 atom stereocenters. The van der Waals surface area contributed by atoms with Crippen LogP contribution in [-0.2, 0) is 15.1 Å². The zero-order chi connectivity index (χ0) is 15.3. The van der Waals surface area contributed by atoms with Crippen LogP contribution in [0.2, 0.25) is 0 Å². The molecule has 3 unspecified atom stereocenters. The molecule has 0 saturated heterocycles. The van der Waals surface area contributed by atoms with Crippen LogP contribution in [0.15, 0.2) is 30.3 Å². The van der Waals surface area contributed by atoms with Gasteiger partial charge < -0.3 is 15.6 Å². The maximum Gasteiger partial charge on any atom is 0.330 e. The zero-order valence-electron chi connectivity index (χ0n) is 12.6. The van der Waals surface area contributed by atoms with Crippen LogP contribution < -0.4 is 5.73 Å². The van der Waals surface area contributed by atoms with E-state index in [2.05, 4.69) is 6.92 Å². The molecule has 1 saturated carbocycles. The van der Waals surface area contributed by atoms with Crippen molar-refractivity contribution in [2.24, 2.45) is 11.7 Å². The van der Waals surface area contributed by atoms with Gasteiger partial charge in [-0.15, -0.1) is 0 Å². The lowest BCUT2D eigenvalue weighted by Gasteiger charge is -2.34. The average Bonchev–Trinajstić information content (AvgIpc) is 2.53. The van der Waals surface area contributed by atoms with Gasteiger partial charge in [0.05, 0.1) is 12.7 Å². The topological polar surface area (TPSA) is 72.5 Å². The van der Waals surface area contributed by atoms with Gasteiger partial charge in [-0.3, -0.25) is 0 Å². The minimum absolute atomic E-state index is 0.0213. The van der Waals surface area contributed by atoms with Crippen molar-refractivity contribution in [3.63, 3.8) is 0 Å². The fourth-order valence-electron chi connectivity index (χ4n) is 3.10. The summed E-state index contributed by atoms with van der Waals surface area (Å²) in [5, 5.41) is 9.53. The molecular weight excluding hydrogens is 266 g/mol. The van der Waals surface area contributed by atoms with Crippen LogP contribution in [0.25, 0.3) is 0 Å². The number of rotatable bonds is 6. The minimum Gasteiger partial charge on any atom is -0.480 e. The lowest BCUT2D eigenvalue weighted by atomic mass is 9.84. The van der Waals surface area contributed by atoms with E-state index in [0.717, 1.165) is 25.7 Å². The Balaban J connectivity index is 2.08. The van der Waals surface area contributed by atoms with Gasteiger partial charge in [0.1, 0.15) is 0 Å². The Labute approximate surface area is 126 Å². The molecular formula is C17H25NO3. The van der Waals surface area contributed by atoms with E-state index in [9.17, 15) is 9.90 Å². The SMILES string of the molecule is CCC1CCCCC1OCC(N)(C(=O)O)c1ccccc1. The second-order valence-corrected chi connectivity index (χ2v) is 5.94. The van der Waals surface area contributed by atoms with Gasteiger partial charge >= 0.3 is 5.97 Å². The van der Waals surface area contributed by atoms with Gasteiger partial charge in [-0.2, -0.15) is 0 Å². The summed E-state index contributed by atoms with van der Waals surface area (Å²) in [5.74, 6) is -0.523. The van der Waals surface area contributed by atoms with E-state index in [4.69, 9.17) is 10.5 Å². The van der Waals surface area contributed by atoms with Gasteiger partial charge in [0.15, 0.2) is 5.54 Å². The highest BCUT2D eigenvalue weighted by molar-refractivity contribution is 5.80. The van der Waals surface area contributed by atoms with Crippen molar-refractivity contribution in [3.05, 3.63) is 35.9 Å². The molecule has 0 aromatic heterocycles. The average molecular weight is 291 g/mol. The van der Waals surface area contributed by atoms with Crippen molar-refractivity contribution < 1.29 is 14.6 Å². The standard InChI is InChI=1S/C17H25NO3/c1-2-13-8-6-7-11-15(13)21-12-17(18,16(19)20)14-9-4-3-5-10-14/h3-5,9-10,13,15H,2,6-8,11-12,18H2,1H3,(H,19,20). The molecule has 4 heteroatoms. The van der Waals surface area contributed by atoms with Gasteiger partial charge in [0, 0.05) is 0 Å². The Morgan fingerprint density at radius 2 is 2.00 bits per heavy atom. The molecule has 4 nitrogen and oxygen atoms in total. The van der Waals surface area contributed by atoms with Crippen molar-refractivity contribution in [2.45, 2.75) is 50.7 Å². The molecule has 1 aromatic rings. The van der Waals surface area contributed by atoms with Crippen molar-refractivity contribution >= 4 is 5.97 Å². The molecule has 1 fully saturated rings. The minimum atomic E-state index is -1.48. The highest BCUT2D eigenvalue weighted by atomic mass is 16.5. The normalized spacial score (nSPS) is 25.2. The highest BCUT2D eigenvalue weighted by Gasteiger charge is 2.38. The lowest BCUT2D eigenvalue weighted by Crippen LogP contribution is -2.50. The van der Waals surface area contributed by atoms with E-state index in [1.807, 2.05) is 6.07 Å². The first-order chi connectivity index (χ1) is 10.1. The van der Waals surface area contributed by atoms with Crippen LogP contribution in [0.5, 0.6) is 0 Å². The summed E-state index contributed by atoms with van der Waals surface area (Å²) in [5.41, 5.74) is 5.25. The molecule has 0 spiro atoms. The Bertz CT molecular complexity index is 462. The van der Waals surface area contributed by atoms with E-state index >= 15 is 0 Å². The maximum absolute atomic E-state index is 11.6. The monoisotopic (exact) mass is 291 g/mol. The fraction of sp³-hybridized carbons (Fsp3) is 0.588. The summed E-state index contributed by atoms with van der Waals surface area (Å²) in [4.78, 5) is 11.6. The third kappa shape index (κ3) is 3.63. The van der Waals surface area contributed by atoms with Crippen LogP contribution >= 0.6 is 0 Å². The molecule has 0 aliphatic heterocycles. The van der Waals surface area contributed by atoms with Gasteiger partial charge in [0.2, 0.25) is 0 Å². The fourth-order valence-corrected chi connectivity index (χ4v) is 3.10. The van der Waals surface area contributed by atoms with E-state index in [1.165, 1.54) is 6.42 Å². The Morgan fingerprint density at radius 1 is 1.33 bits per heavy atom. The van der Waals surface area contributed by atoms with Crippen molar-refractivity contribution in [2.75, 3.05) is 6.61 Å². The number of carboxylic acid groups (broad SMARTS) is 1. The van der Waals surface area contributed by atoms with Crippen LogP contribution in [0.3, 0.4) is 0 Å². The maximum atomic E-state index is 11.6. The summed E-state index contributed by atoms with van der Waals surface area (Å²) in [7, 11) is 0. The van der Waals surface area contributed by atoms with Gasteiger partial charge in [-0.05, 0) is 24.3 Å². The van der Waals surface area contributed by atoms with Crippen LogP contribution in [-0.4, -0.2) is 23.8 Å². The molecule has 0 radical (unpaired) electrons. The molecule has 116 valence electrons. The molecule has 1 aliphatic carbocycles. The van der Waals surface area contributed by atoms with Gasteiger partial charge in [-0.25, -0.2) is 4.79 Å². The van der Waals surface area contributed by atoms with Gasteiger partial charge in [0.25, 0.3) is 0 Å². The van der Waals surface area contributed by atoms with E-state index in [-0.39, 0.29) is 12.7 Å². The summed E-state index contributed by atoms with van der Waals surface area (Å²) in [6, 6.07) is 8.94. The number of carboxylic acids is 1. The Kier molecular flexibility index (Phi) is 5.37. The molecule has 0 bridgehead atoms. The first kappa shape index (κ1) is 16.0. The summed E-state index contributed by atoms with van der Waals surface area (Å²) >= 11 is 0. The van der Waals surface area contributed by atoms with E-state index in [0.29, 0.717) is 11.5 Å². The summed E-state index contributed by atoms with van der Waals surface area (Å²) in [6.07, 6.45) is 5.76. The molecule has 0 amide bonds. The second-order valence-electron chi connectivity index (χ2n) is 5.94. The molecule has 1 aliphatic rings. The van der Waals surface area contributed by atoms with Crippen LogP contribution in [0.4, 0.5) is 0 Å². The number of hydrogen-bond acceptors (Lipinski definition) is 3. The molecule has 21 heavy (non-hydrogen) atoms. The Hall–Kier alpha value is -1.39. The summed E-state index contributed by atoms with van der Waals surface area (Å²) in [6.45, 7) is 2.18. The zero-order valence-corrected chi connectivity index (χ0v) is 12.6. The molecule has 3 N–H and O–H groups in total. The molecule has 1 aromatic carbocycles. The van der Waals surface area contributed by atoms with Crippen molar-refractivity contribution in [1.29, 1.82) is 0 Å². The van der Waals surface area contributed by atoms with E-state index < -0.39 is 11.5 Å². The second kappa shape index (κ2) is 7.05. The van der Waals surface area contributed by atoms with Crippen LogP contribution in [0, 0.1) is 5.92 Å². The van der Waals surface area contributed by atoms with Gasteiger partial charge in [-0.1, -0.05) is 56.5 Å². The Morgan fingerprint density at radius 3 is 2.62 bits per heavy atom. The number of carbonyl (C=O) groups is 1. The third-order valence-corrected chi connectivity index (χ3v) is 4.56. The predicted molar refractivity (Wildman–Crippen MR) is 81.9 cm³/mol.